The molecule has 4 heteroatoms. The Bertz CT molecular complexity index is 585. The average molecular weight is 273 g/mol. The van der Waals surface area contributed by atoms with Crippen LogP contribution < -0.4 is 5.73 Å². The summed E-state index contributed by atoms with van der Waals surface area (Å²) in [7, 11) is 0. The zero-order valence-electron chi connectivity index (χ0n) is 11.5. The SMILES string of the molecule is Nc1n[nH]c(CCC2CCCC2)c1-c1ccccc1F. The lowest BCUT2D eigenvalue weighted by Crippen LogP contribution is -1.99. The topological polar surface area (TPSA) is 54.7 Å². The van der Waals surface area contributed by atoms with Crippen LogP contribution in [-0.2, 0) is 6.42 Å². The summed E-state index contributed by atoms with van der Waals surface area (Å²) >= 11 is 0. The molecule has 0 aliphatic heterocycles. The first kappa shape index (κ1) is 13.2. The molecule has 0 radical (unpaired) electrons. The molecule has 1 heterocycles. The maximum absolute atomic E-state index is 14.0. The maximum atomic E-state index is 14.0. The van der Waals surface area contributed by atoms with Crippen LogP contribution in [0.5, 0.6) is 0 Å². The van der Waals surface area contributed by atoms with Gasteiger partial charge in [0.05, 0.1) is 0 Å². The van der Waals surface area contributed by atoms with Gasteiger partial charge in [0, 0.05) is 16.8 Å². The van der Waals surface area contributed by atoms with Gasteiger partial charge in [-0.15, -0.1) is 0 Å². The first-order chi connectivity index (χ1) is 9.75. The van der Waals surface area contributed by atoms with E-state index in [0.717, 1.165) is 30.0 Å². The van der Waals surface area contributed by atoms with E-state index in [0.29, 0.717) is 11.4 Å². The fourth-order valence-corrected chi connectivity index (χ4v) is 3.19. The van der Waals surface area contributed by atoms with E-state index >= 15 is 0 Å². The number of nitrogens with one attached hydrogen (secondary N) is 1. The third-order valence-corrected chi connectivity index (χ3v) is 4.29. The number of nitrogens with zero attached hydrogens (tertiary/aromatic N) is 1. The van der Waals surface area contributed by atoms with E-state index in [4.69, 9.17) is 5.73 Å². The van der Waals surface area contributed by atoms with Crippen LogP contribution in [0.15, 0.2) is 24.3 Å². The van der Waals surface area contributed by atoms with Gasteiger partial charge < -0.3 is 5.73 Å². The predicted octanol–water partition coefficient (Wildman–Crippen LogP) is 3.92. The van der Waals surface area contributed by atoms with Gasteiger partial charge in [-0.2, -0.15) is 5.10 Å². The van der Waals surface area contributed by atoms with Crippen LogP contribution >= 0.6 is 0 Å². The molecule has 3 rings (SSSR count). The largest absolute Gasteiger partial charge is 0.382 e. The van der Waals surface area contributed by atoms with Gasteiger partial charge in [-0.3, -0.25) is 5.10 Å². The first-order valence-corrected chi connectivity index (χ1v) is 7.33. The summed E-state index contributed by atoms with van der Waals surface area (Å²) in [6, 6.07) is 6.73. The van der Waals surface area contributed by atoms with E-state index in [-0.39, 0.29) is 5.82 Å². The summed E-state index contributed by atoms with van der Waals surface area (Å²) in [5.74, 6) is 0.937. The number of nitrogens with two attached hydrogens (primary N) is 1. The molecule has 0 saturated heterocycles. The van der Waals surface area contributed by atoms with Crippen LogP contribution in [0.3, 0.4) is 0 Å². The molecule has 1 aromatic heterocycles. The fraction of sp³-hybridized carbons (Fsp3) is 0.438. The molecule has 0 spiro atoms. The number of halogens is 1. The molecule has 0 bridgehead atoms. The van der Waals surface area contributed by atoms with Crippen molar-refractivity contribution in [2.75, 3.05) is 5.73 Å². The van der Waals surface area contributed by atoms with E-state index in [2.05, 4.69) is 10.2 Å². The molecule has 0 amide bonds. The van der Waals surface area contributed by atoms with Crippen molar-refractivity contribution in [3.05, 3.63) is 35.8 Å². The lowest BCUT2D eigenvalue weighted by molar-refractivity contribution is 0.500. The van der Waals surface area contributed by atoms with Crippen molar-refractivity contribution in [1.82, 2.24) is 10.2 Å². The molecular formula is C16H20FN3. The summed E-state index contributed by atoms with van der Waals surface area (Å²) in [4.78, 5) is 0. The number of rotatable bonds is 4. The third-order valence-electron chi connectivity index (χ3n) is 4.29. The smallest absolute Gasteiger partial charge is 0.153 e. The second-order valence-electron chi connectivity index (χ2n) is 5.63. The Morgan fingerprint density at radius 3 is 2.75 bits per heavy atom. The summed E-state index contributed by atoms with van der Waals surface area (Å²) < 4.78 is 14.0. The third kappa shape index (κ3) is 2.55. The van der Waals surface area contributed by atoms with Crippen LogP contribution in [0.4, 0.5) is 10.2 Å². The first-order valence-electron chi connectivity index (χ1n) is 7.33. The van der Waals surface area contributed by atoms with Gasteiger partial charge >= 0.3 is 0 Å². The minimum absolute atomic E-state index is 0.247. The molecule has 1 saturated carbocycles. The Hall–Kier alpha value is -1.84. The number of hydrogen-bond donors (Lipinski definition) is 2. The summed E-state index contributed by atoms with van der Waals surface area (Å²) in [5, 5.41) is 7.05. The second-order valence-corrected chi connectivity index (χ2v) is 5.63. The van der Waals surface area contributed by atoms with E-state index in [1.54, 1.807) is 12.1 Å². The molecule has 1 aliphatic carbocycles. The molecule has 2 aromatic rings. The lowest BCUT2D eigenvalue weighted by Gasteiger charge is -2.09. The number of benzene rings is 1. The zero-order chi connectivity index (χ0) is 13.9. The number of H-pyrrole nitrogens is 1. The molecule has 20 heavy (non-hydrogen) atoms. The van der Waals surface area contributed by atoms with Gasteiger partial charge in [0.2, 0.25) is 0 Å². The van der Waals surface area contributed by atoms with Crippen LogP contribution in [0, 0.1) is 11.7 Å². The average Bonchev–Trinajstić information content (AvgIpc) is 3.07. The summed E-state index contributed by atoms with van der Waals surface area (Å²) in [5.41, 5.74) is 8.15. The number of anilines is 1. The van der Waals surface area contributed by atoms with Gasteiger partial charge in [0.1, 0.15) is 5.82 Å². The minimum atomic E-state index is -0.247. The Morgan fingerprint density at radius 2 is 2.00 bits per heavy atom. The van der Waals surface area contributed by atoms with Crippen LogP contribution in [0.2, 0.25) is 0 Å². The number of aryl methyl sites for hydroxylation is 1. The highest BCUT2D eigenvalue weighted by molar-refractivity contribution is 5.76. The Labute approximate surface area is 118 Å². The molecular weight excluding hydrogens is 253 g/mol. The number of nitrogen functional groups attached to an aromatic ring is 1. The van der Waals surface area contributed by atoms with Crippen LogP contribution in [-0.4, -0.2) is 10.2 Å². The van der Waals surface area contributed by atoms with Gasteiger partial charge in [0.25, 0.3) is 0 Å². The van der Waals surface area contributed by atoms with Crippen molar-refractivity contribution >= 4 is 5.82 Å². The monoisotopic (exact) mass is 273 g/mol. The molecule has 1 fully saturated rings. The van der Waals surface area contributed by atoms with Crippen LogP contribution in [0.25, 0.3) is 11.1 Å². The highest BCUT2D eigenvalue weighted by Gasteiger charge is 2.19. The van der Waals surface area contributed by atoms with Gasteiger partial charge in [0.15, 0.2) is 5.82 Å². The molecule has 3 N–H and O–H groups in total. The molecule has 106 valence electrons. The van der Waals surface area contributed by atoms with Crippen molar-refractivity contribution in [2.24, 2.45) is 5.92 Å². The fourth-order valence-electron chi connectivity index (χ4n) is 3.19. The van der Waals surface area contributed by atoms with E-state index in [9.17, 15) is 4.39 Å². The Morgan fingerprint density at radius 1 is 1.25 bits per heavy atom. The van der Waals surface area contributed by atoms with Crippen molar-refractivity contribution in [3.8, 4) is 11.1 Å². The molecule has 0 unspecified atom stereocenters. The normalized spacial score (nSPS) is 15.8. The van der Waals surface area contributed by atoms with Crippen molar-refractivity contribution in [1.29, 1.82) is 0 Å². The van der Waals surface area contributed by atoms with E-state index < -0.39 is 0 Å². The van der Waals surface area contributed by atoms with E-state index in [1.165, 1.54) is 31.7 Å². The predicted molar refractivity (Wildman–Crippen MR) is 78.7 cm³/mol. The lowest BCUT2D eigenvalue weighted by atomic mass is 9.97. The maximum Gasteiger partial charge on any atom is 0.153 e. The second kappa shape index (κ2) is 5.65. The van der Waals surface area contributed by atoms with E-state index in [1.807, 2.05) is 6.07 Å². The Balaban J connectivity index is 1.84. The van der Waals surface area contributed by atoms with Gasteiger partial charge in [-0.25, -0.2) is 4.39 Å². The van der Waals surface area contributed by atoms with Crippen molar-refractivity contribution < 1.29 is 4.39 Å². The van der Waals surface area contributed by atoms with Gasteiger partial charge in [-0.05, 0) is 24.8 Å². The molecule has 0 atom stereocenters. The quantitative estimate of drug-likeness (QED) is 0.887. The van der Waals surface area contributed by atoms with Crippen molar-refractivity contribution in [3.63, 3.8) is 0 Å². The molecule has 1 aromatic carbocycles. The van der Waals surface area contributed by atoms with Crippen LogP contribution in [0.1, 0.15) is 37.8 Å². The highest BCUT2D eigenvalue weighted by atomic mass is 19.1. The van der Waals surface area contributed by atoms with Gasteiger partial charge in [-0.1, -0.05) is 43.9 Å². The number of aromatic nitrogens is 2. The summed E-state index contributed by atoms with van der Waals surface area (Å²) in [6.07, 6.45) is 7.34. The molecule has 1 aliphatic rings. The zero-order valence-corrected chi connectivity index (χ0v) is 11.5. The highest BCUT2D eigenvalue weighted by Crippen LogP contribution is 2.33. The van der Waals surface area contributed by atoms with Crippen molar-refractivity contribution in [2.45, 2.75) is 38.5 Å². The minimum Gasteiger partial charge on any atom is -0.382 e. The number of hydrogen-bond acceptors (Lipinski definition) is 2. The molecule has 3 nitrogen and oxygen atoms in total. The standard InChI is InChI=1S/C16H20FN3/c17-13-8-4-3-7-12(13)15-14(19-20-16(15)18)10-9-11-5-1-2-6-11/h3-4,7-8,11H,1-2,5-6,9-10H2,(H3,18,19,20). The number of aromatic amines is 1. The summed E-state index contributed by atoms with van der Waals surface area (Å²) in [6.45, 7) is 0. The Kier molecular flexibility index (Phi) is 3.72.